The number of para-hydroxylation sites is 2. The van der Waals surface area contributed by atoms with Crippen molar-refractivity contribution in [2.75, 3.05) is 7.11 Å². The second-order valence-electron chi connectivity index (χ2n) is 3.13. The second-order valence-corrected chi connectivity index (χ2v) is 3.13. The zero-order valence-electron chi connectivity index (χ0n) is 7.69. The van der Waals surface area contributed by atoms with Crippen molar-refractivity contribution >= 4 is 16.7 Å². The third kappa shape index (κ3) is 0.849. The minimum Gasteiger partial charge on any atom is -0.480 e. The fraction of sp³-hybridized carbons (Fsp3) is 0.100. The van der Waals surface area contributed by atoms with Crippen LogP contribution in [0.3, 0.4) is 0 Å². The predicted molar refractivity (Wildman–Crippen MR) is 53.6 cm³/mol. The lowest BCUT2D eigenvalue weighted by Crippen LogP contribution is -1.85. The number of hydrogen-bond acceptors (Lipinski definition) is 2. The van der Waals surface area contributed by atoms with Gasteiger partial charge in [-0.25, -0.2) is 4.52 Å². The average molecular weight is 187 g/mol. The molecular formula is C10H9N3O. The Bertz CT molecular complexity index is 593. The number of imidazole rings is 1. The number of aromatic amines is 1. The molecule has 2 heterocycles. The van der Waals surface area contributed by atoms with E-state index in [4.69, 9.17) is 4.74 Å². The highest BCUT2D eigenvalue weighted by Crippen LogP contribution is 2.19. The van der Waals surface area contributed by atoms with Crippen molar-refractivity contribution in [3.05, 3.63) is 30.3 Å². The van der Waals surface area contributed by atoms with Crippen LogP contribution in [0.1, 0.15) is 0 Å². The number of ether oxygens (including phenoxy) is 1. The molecule has 0 fully saturated rings. The van der Waals surface area contributed by atoms with E-state index in [0.29, 0.717) is 5.88 Å². The molecule has 2 aromatic heterocycles. The van der Waals surface area contributed by atoms with Crippen molar-refractivity contribution in [1.82, 2.24) is 14.6 Å². The first-order valence-electron chi connectivity index (χ1n) is 4.39. The van der Waals surface area contributed by atoms with E-state index in [1.54, 1.807) is 7.11 Å². The Kier molecular flexibility index (Phi) is 1.33. The quantitative estimate of drug-likeness (QED) is 0.631. The third-order valence-electron chi connectivity index (χ3n) is 2.29. The lowest BCUT2D eigenvalue weighted by molar-refractivity contribution is 0.395. The standard InChI is InChI=1S/C10H9N3O/c1-14-10-6-9-11-7-4-2-3-5-8(7)13(9)12-10/h2-6,11H,1H3. The van der Waals surface area contributed by atoms with Crippen LogP contribution in [0.4, 0.5) is 0 Å². The molecule has 1 aromatic carbocycles. The van der Waals surface area contributed by atoms with Crippen LogP contribution in [0.5, 0.6) is 5.88 Å². The van der Waals surface area contributed by atoms with Gasteiger partial charge in [0, 0.05) is 6.07 Å². The highest BCUT2D eigenvalue weighted by molar-refractivity contribution is 5.80. The molecule has 0 unspecified atom stereocenters. The number of rotatable bonds is 1. The fourth-order valence-corrected chi connectivity index (χ4v) is 1.63. The normalized spacial score (nSPS) is 11.2. The molecular weight excluding hydrogens is 178 g/mol. The molecule has 0 aliphatic rings. The predicted octanol–water partition coefficient (Wildman–Crippen LogP) is 1.82. The van der Waals surface area contributed by atoms with Crippen molar-refractivity contribution < 1.29 is 4.74 Å². The van der Waals surface area contributed by atoms with Crippen LogP contribution in [-0.2, 0) is 0 Å². The van der Waals surface area contributed by atoms with Gasteiger partial charge >= 0.3 is 0 Å². The van der Waals surface area contributed by atoms with E-state index in [1.807, 2.05) is 34.8 Å². The maximum absolute atomic E-state index is 5.05. The molecule has 0 saturated heterocycles. The zero-order valence-corrected chi connectivity index (χ0v) is 7.69. The lowest BCUT2D eigenvalue weighted by Gasteiger charge is -1.90. The zero-order chi connectivity index (χ0) is 9.54. The van der Waals surface area contributed by atoms with Crippen molar-refractivity contribution in [3.63, 3.8) is 0 Å². The van der Waals surface area contributed by atoms with E-state index in [-0.39, 0.29) is 0 Å². The number of methoxy groups -OCH3 is 1. The van der Waals surface area contributed by atoms with Gasteiger partial charge in [-0.1, -0.05) is 12.1 Å². The van der Waals surface area contributed by atoms with E-state index in [2.05, 4.69) is 10.1 Å². The van der Waals surface area contributed by atoms with Crippen molar-refractivity contribution in [1.29, 1.82) is 0 Å². The number of aromatic nitrogens is 3. The molecule has 0 aliphatic heterocycles. The molecule has 3 aromatic rings. The summed E-state index contributed by atoms with van der Waals surface area (Å²) in [6.45, 7) is 0. The van der Waals surface area contributed by atoms with E-state index in [0.717, 1.165) is 16.7 Å². The lowest BCUT2D eigenvalue weighted by atomic mass is 10.3. The second kappa shape index (κ2) is 2.51. The van der Waals surface area contributed by atoms with Gasteiger partial charge in [0.1, 0.15) is 5.65 Å². The van der Waals surface area contributed by atoms with Crippen LogP contribution in [0.15, 0.2) is 30.3 Å². The average Bonchev–Trinajstić information content (AvgIpc) is 2.73. The highest BCUT2D eigenvalue weighted by atomic mass is 16.5. The molecule has 3 rings (SSSR count). The van der Waals surface area contributed by atoms with Crippen molar-refractivity contribution in [3.8, 4) is 5.88 Å². The summed E-state index contributed by atoms with van der Waals surface area (Å²) in [5.74, 6) is 0.627. The Balaban J connectivity index is 2.45. The van der Waals surface area contributed by atoms with Gasteiger partial charge in [-0.3, -0.25) is 0 Å². The number of nitrogens with zero attached hydrogens (tertiary/aromatic N) is 2. The SMILES string of the molecule is COc1cc2[nH]c3ccccc3n2n1. The molecule has 0 radical (unpaired) electrons. The molecule has 4 nitrogen and oxygen atoms in total. The van der Waals surface area contributed by atoms with Crippen LogP contribution in [0.25, 0.3) is 16.7 Å². The molecule has 70 valence electrons. The monoisotopic (exact) mass is 187 g/mol. The van der Waals surface area contributed by atoms with E-state index in [9.17, 15) is 0 Å². The molecule has 1 N–H and O–H groups in total. The first-order valence-corrected chi connectivity index (χ1v) is 4.39. The number of nitrogens with one attached hydrogen (secondary N) is 1. The van der Waals surface area contributed by atoms with Gasteiger partial charge in [-0.05, 0) is 12.1 Å². The third-order valence-corrected chi connectivity index (χ3v) is 2.29. The van der Waals surface area contributed by atoms with Crippen LogP contribution >= 0.6 is 0 Å². The van der Waals surface area contributed by atoms with E-state index >= 15 is 0 Å². The van der Waals surface area contributed by atoms with Crippen LogP contribution < -0.4 is 4.74 Å². The van der Waals surface area contributed by atoms with Gasteiger partial charge in [0.15, 0.2) is 0 Å². The molecule has 0 atom stereocenters. The molecule has 0 spiro atoms. The highest BCUT2D eigenvalue weighted by Gasteiger charge is 2.06. The summed E-state index contributed by atoms with van der Waals surface area (Å²) in [6.07, 6.45) is 0. The maximum Gasteiger partial charge on any atom is 0.235 e. The summed E-state index contributed by atoms with van der Waals surface area (Å²) in [5, 5.41) is 4.28. The van der Waals surface area contributed by atoms with Crippen LogP contribution in [0.2, 0.25) is 0 Å². The molecule has 0 saturated carbocycles. The Labute approximate surface area is 80.1 Å². The maximum atomic E-state index is 5.05. The Hall–Kier alpha value is -1.97. The smallest absolute Gasteiger partial charge is 0.235 e. The number of hydrogen-bond donors (Lipinski definition) is 1. The number of benzene rings is 1. The van der Waals surface area contributed by atoms with Crippen molar-refractivity contribution in [2.45, 2.75) is 0 Å². The summed E-state index contributed by atoms with van der Waals surface area (Å²) in [5.41, 5.74) is 3.09. The van der Waals surface area contributed by atoms with Gasteiger partial charge in [0.05, 0.1) is 18.1 Å². The summed E-state index contributed by atoms with van der Waals surface area (Å²) in [6, 6.07) is 9.90. The van der Waals surface area contributed by atoms with Crippen LogP contribution in [0, 0.1) is 0 Å². The molecule has 0 amide bonds. The van der Waals surface area contributed by atoms with Crippen molar-refractivity contribution in [2.24, 2.45) is 0 Å². The molecule has 14 heavy (non-hydrogen) atoms. The molecule has 0 aliphatic carbocycles. The largest absolute Gasteiger partial charge is 0.480 e. The summed E-state index contributed by atoms with van der Waals surface area (Å²) in [4.78, 5) is 3.25. The number of fused-ring (bicyclic) bond motifs is 3. The molecule has 0 bridgehead atoms. The van der Waals surface area contributed by atoms with Gasteiger partial charge in [-0.15, -0.1) is 5.10 Å². The topological polar surface area (TPSA) is 42.3 Å². The summed E-state index contributed by atoms with van der Waals surface area (Å²) in [7, 11) is 1.62. The minimum atomic E-state index is 0.627. The van der Waals surface area contributed by atoms with Gasteiger partial charge < -0.3 is 9.72 Å². The first-order chi connectivity index (χ1) is 6.88. The van der Waals surface area contributed by atoms with Crippen LogP contribution in [-0.4, -0.2) is 21.7 Å². The Morgan fingerprint density at radius 2 is 2.21 bits per heavy atom. The van der Waals surface area contributed by atoms with Gasteiger partial charge in [0.25, 0.3) is 0 Å². The summed E-state index contributed by atoms with van der Waals surface area (Å²) < 4.78 is 6.90. The minimum absolute atomic E-state index is 0.627. The van der Waals surface area contributed by atoms with E-state index in [1.165, 1.54) is 0 Å². The summed E-state index contributed by atoms with van der Waals surface area (Å²) >= 11 is 0. The van der Waals surface area contributed by atoms with Gasteiger partial charge in [0.2, 0.25) is 5.88 Å². The number of H-pyrrole nitrogens is 1. The van der Waals surface area contributed by atoms with E-state index < -0.39 is 0 Å². The van der Waals surface area contributed by atoms with Gasteiger partial charge in [-0.2, -0.15) is 0 Å². The first kappa shape index (κ1) is 7.44. The molecule has 4 heteroatoms. The Morgan fingerprint density at radius 3 is 3.07 bits per heavy atom. The Morgan fingerprint density at radius 1 is 1.36 bits per heavy atom. The fourth-order valence-electron chi connectivity index (χ4n) is 1.63.